The van der Waals surface area contributed by atoms with Crippen LogP contribution in [-0.2, 0) is 6.54 Å². The van der Waals surface area contributed by atoms with Crippen molar-refractivity contribution in [2.75, 3.05) is 5.73 Å². The van der Waals surface area contributed by atoms with Crippen LogP contribution < -0.4 is 11.1 Å². The molecular formula is C13H24N4O. The van der Waals surface area contributed by atoms with Gasteiger partial charge in [-0.2, -0.15) is 5.10 Å². The number of hydrogen-bond donors (Lipinski definition) is 2. The summed E-state index contributed by atoms with van der Waals surface area (Å²) in [5.74, 6) is -0.177. The van der Waals surface area contributed by atoms with Gasteiger partial charge in [-0.3, -0.25) is 9.48 Å². The normalized spacial score (nSPS) is 12.4. The van der Waals surface area contributed by atoms with Crippen LogP contribution in [0.15, 0.2) is 6.20 Å². The van der Waals surface area contributed by atoms with E-state index in [0.29, 0.717) is 17.9 Å². The first-order chi connectivity index (χ1) is 8.58. The van der Waals surface area contributed by atoms with E-state index in [2.05, 4.69) is 17.3 Å². The number of aryl methyl sites for hydroxylation is 1. The second kappa shape index (κ2) is 7.03. The first kappa shape index (κ1) is 14.5. The fourth-order valence-electron chi connectivity index (χ4n) is 1.84. The fraction of sp³-hybridized carbons (Fsp3) is 0.692. The van der Waals surface area contributed by atoms with Crippen LogP contribution in [0.25, 0.3) is 0 Å². The zero-order chi connectivity index (χ0) is 13.5. The minimum Gasteiger partial charge on any atom is -0.396 e. The number of nitrogen functional groups attached to an aromatic ring is 1. The predicted molar refractivity (Wildman–Crippen MR) is 73.4 cm³/mol. The average molecular weight is 252 g/mol. The van der Waals surface area contributed by atoms with Gasteiger partial charge in [-0.25, -0.2) is 0 Å². The molecule has 1 atom stereocenters. The van der Waals surface area contributed by atoms with Gasteiger partial charge < -0.3 is 11.1 Å². The van der Waals surface area contributed by atoms with E-state index in [1.165, 1.54) is 12.8 Å². The van der Waals surface area contributed by atoms with Gasteiger partial charge in [0.05, 0.1) is 5.69 Å². The third-order valence-electron chi connectivity index (χ3n) is 2.95. The quantitative estimate of drug-likeness (QED) is 0.730. The first-order valence-corrected chi connectivity index (χ1v) is 6.72. The van der Waals surface area contributed by atoms with Gasteiger partial charge in [-0.05, 0) is 20.3 Å². The van der Waals surface area contributed by atoms with Crippen LogP contribution in [0.3, 0.4) is 0 Å². The molecule has 1 heterocycles. The maximum atomic E-state index is 12.0. The van der Waals surface area contributed by atoms with Gasteiger partial charge in [0.1, 0.15) is 0 Å². The number of carbonyl (C=O) groups is 1. The Kier molecular flexibility index (Phi) is 5.68. The lowest BCUT2D eigenvalue weighted by Gasteiger charge is -2.12. The zero-order valence-electron chi connectivity index (χ0n) is 11.6. The maximum Gasteiger partial charge on any atom is 0.274 e. The van der Waals surface area contributed by atoms with Crippen molar-refractivity contribution in [3.05, 3.63) is 11.9 Å². The molecule has 0 fully saturated rings. The molecule has 0 bridgehead atoms. The Bertz CT molecular complexity index is 386. The molecule has 0 aromatic carbocycles. The summed E-state index contributed by atoms with van der Waals surface area (Å²) in [5, 5.41) is 7.10. The monoisotopic (exact) mass is 252 g/mol. The standard InChI is InChI=1S/C13H24N4O/c1-4-6-7-8-10(3)15-13(18)12-11(14)9-17(5-2)16-12/h9-10H,4-8,14H2,1-3H3,(H,15,18). The molecule has 0 aliphatic rings. The number of nitrogens with zero attached hydrogens (tertiary/aromatic N) is 2. The lowest BCUT2D eigenvalue weighted by atomic mass is 10.1. The van der Waals surface area contributed by atoms with Gasteiger partial charge in [0, 0.05) is 18.8 Å². The molecule has 1 aromatic rings. The van der Waals surface area contributed by atoms with Crippen molar-refractivity contribution >= 4 is 11.6 Å². The highest BCUT2D eigenvalue weighted by molar-refractivity contribution is 5.97. The highest BCUT2D eigenvalue weighted by atomic mass is 16.2. The van der Waals surface area contributed by atoms with E-state index in [-0.39, 0.29) is 11.9 Å². The highest BCUT2D eigenvalue weighted by Crippen LogP contribution is 2.10. The number of carbonyl (C=O) groups excluding carboxylic acids is 1. The van der Waals surface area contributed by atoms with E-state index < -0.39 is 0 Å². The molecule has 0 spiro atoms. The molecule has 18 heavy (non-hydrogen) atoms. The molecule has 1 unspecified atom stereocenters. The van der Waals surface area contributed by atoms with Crippen LogP contribution in [0.5, 0.6) is 0 Å². The number of amides is 1. The van der Waals surface area contributed by atoms with Crippen molar-refractivity contribution in [1.82, 2.24) is 15.1 Å². The summed E-state index contributed by atoms with van der Waals surface area (Å²) >= 11 is 0. The molecule has 1 aromatic heterocycles. The molecule has 0 radical (unpaired) electrons. The largest absolute Gasteiger partial charge is 0.396 e. The van der Waals surface area contributed by atoms with Crippen molar-refractivity contribution in [3.63, 3.8) is 0 Å². The number of anilines is 1. The summed E-state index contributed by atoms with van der Waals surface area (Å²) in [6.07, 6.45) is 6.21. The summed E-state index contributed by atoms with van der Waals surface area (Å²) in [7, 11) is 0. The Morgan fingerprint density at radius 2 is 2.22 bits per heavy atom. The Labute approximate surface area is 109 Å². The topological polar surface area (TPSA) is 72.9 Å². The molecule has 3 N–H and O–H groups in total. The number of rotatable bonds is 7. The van der Waals surface area contributed by atoms with Gasteiger partial charge in [-0.1, -0.05) is 26.2 Å². The highest BCUT2D eigenvalue weighted by Gasteiger charge is 2.16. The molecule has 0 aliphatic heterocycles. The zero-order valence-corrected chi connectivity index (χ0v) is 11.6. The smallest absolute Gasteiger partial charge is 0.274 e. The lowest BCUT2D eigenvalue weighted by molar-refractivity contribution is 0.0933. The van der Waals surface area contributed by atoms with Crippen LogP contribution in [0.1, 0.15) is 56.9 Å². The minimum absolute atomic E-state index is 0.162. The molecule has 5 heteroatoms. The predicted octanol–water partition coefficient (Wildman–Crippen LogP) is 2.18. The SMILES string of the molecule is CCCCCC(C)NC(=O)c1nn(CC)cc1N. The average Bonchev–Trinajstić information content (AvgIpc) is 2.71. The molecule has 5 nitrogen and oxygen atoms in total. The van der Waals surface area contributed by atoms with E-state index >= 15 is 0 Å². The van der Waals surface area contributed by atoms with Gasteiger partial charge in [0.25, 0.3) is 5.91 Å². The minimum atomic E-state index is -0.177. The van der Waals surface area contributed by atoms with Crippen LogP contribution in [0.2, 0.25) is 0 Å². The van der Waals surface area contributed by atoms with E-state index in [0.717, 1.165) is 12.8 Å². The molecule has 1 rings (SSSR count). The lowest BCUT2D eigenvalue weighted by Crippen LogP contribution is -2.33. The summed E-state index contributed by atoms with van der Waals surface area (Å²) in [6.45, 7) is 6.85. The van der Waals surface area contributed by atoms with Crippen molar-refractivity contribution in [1.29, 1.82) is 0 Å². The maximum absolute atomic E-state index is 12.0. The molecule has 0 saturated heterocycles. The van der Waals surface area contributed by atoms with Crippen molar-refractivity contribution in [2.24, 2.45) is 0 Å². The van der Waals surface area contributed by atoms with Gasteiger partial charge in [0.2, 0.25) is 0 Å². The number of nitrogens with two attached hydrogens (primary N) is 1. The third-order valence-corrected chi connectivity index (χ3v) is 2.95. The van der Waals surface area contributed by atoms with Crippen LogP contribution in [0.4, 0.5) is 5.69 Å². The Hall–Kier alpha value is -1.52. The summed E-state index contributed by atoms with van der Waals surface area (Å²) in [5.41, 5.74) is 6.54. The summed E-state index contributed by atoms with van der Waals surface area (Å²) < 4.78 is 1.67. The Morgan fingerprint density at radius 1 is 1.50 bits per heavy atom. The van der Waals surface area contributed by atoms with Crippen LogP contribution >= 0.6 is 0 Å². The van der Waals surface area contributed by atoms with E-state index in [4.69, 9.17) is 5.73 Å². The van der Waals surface area contributed by atoms with Gasteiger partial charge in [0.15, 0.2) is 5.69 Å². The van der Waals surface area contributed by atoms with Gasteiger partial charge in [-0.15, -0.1) is 0 Å². The van der Waals surface area contributed by atoms with E-state index in [1.807, 2.05) is 13.8 Å². The second-order valence-corrected chi connectivity index (χ2v) is 4.66. The van der Waals surface area contributed by atoms with E-state index in [9.17, 15) is 4.79 Å². The molecule has 102 valence electrons. The molecule has 0 saturated carbocycles. The van der Waals surface area contributed by atoms with Gasteiger partial charge >= 0.3 is 0 Å². The molecule has 0 aliphatic carbocycles. The number of aromatic nitrogens is 2. The number of nitrogens with one attached hydrogen (secondary N) is 1. The summed E-state index contributed by atoms with van der Waals surface area (Å²) in [6, 6.07) is 0.162. The Morgan fingerprint density at radius 3 is 2.78 bits per heavy atom. The van der Waals surface area contributed by atoms with Crippen molar-refractivity contribution in [3.8, 4) is 0 Å². The van der Waals surface area contributed by atoms with Crippen molar-refractivity contribution in [2.45, 2.75) is 59.0 Å². The fourth-order valence-corrected chi connectivity index (χ4v) is 1.84. The number of unbranched alkanes of at least 4 members (excludes halogenated alkanes) is 2. The van der Waals surface area contributed by atoms with E-state index in [1.54, 1.807) is 10.9 Å². The molecular weight excluding hydrogens is 228 g/mol. The number of hydrogen-bond acceptors (Lipinski definition) is 3. The third kappa shape index (κ3) is 4.05. The first-order valence-electron chi connectivity index (χ1n) is 6.72. The summed E-state index contributed by atoms with van der Waals surface area (Å²) in [4.78, 5) is 12.0. The van der Waals surface area contributed by atoms with Crippen LogP contribution in [-0.4, -0.2) is 21.7 Å². The van der Waals surface area contributed by atoms with Crippen molar-refractivity contribution < 1.29 is 4.79 Å². The Balaban J connectivity index is 2.51. The van der Waals surface area contributed by atoms with Crippen LogP contribution in [0, 0.1) is 0 Å². The molecule has 1 amide bonds. The second-order valence-electron chi connectivity index (χ2n) is 4.66.